The third-order valence-corrected chi connectivity index (χ3v) is 2.21. The number of benzene rings is 1. The van der Waals surface area contributed by atoms with Crippen molar-refractivity contribution in [3.63, 3.8) is 0 Å². The van der Waals surface area contributed by atoms with Gasteiger partial charge in [-0.3, -0.25) is 0 Å². The van der Waals surface area contributed by atoms with Crippen LogP contribution in [0, 0.1) is 0 Å². The maximum Gasteiger partial charge on any atom is 0.183 e. The molecule has 0 fully saturated rings. The molecular weight excluding hydrogens is 210 g/mol. The SMILES string of the molecule is COc1ccc(-c2nocc2O)cc1OC. The maximum atomic E-state index is 9.47. The highest BCUT2D eigenvalue weighted by molar-refractivity contribution is 5.68. The van der Waals surface area contributed by atoms with E-state index in [2.05, 4.69) is 9.68 Å². The van der Waals surface area contributed by atoms with Crippen LogP contribution >= 0.6 is 0 Å². The Bertz CT molecular complexity index is 492. The van der Waals surface area contributed by atoms with Gasteiger partial charge in [-0.05, 0) is 18.2 Å². The van der Waals surface area contributed by atoms with Crippen molar-refractivity contribution in [3.8, 4) is 28.5 Å². The molecule has 1 aromatic heterocycles. The third-order valence-electron chi connectivity index (χ3n) is 2.21. The largest absolute Gasteiger partial charge is 0.503 e. The second-order valence-corrected chi connectivity index (χ2v) is 3.12. The number of ether oxygens (including phenoxy) is 2. The molecule has 0 aliphatic carbocycles. The first-order valence-corrected chi connectivity index (χ1v) is 4.62. The van der Waals surface area contributed by atoms with E-state index >= 15 is 0 Å². The van der Waals surface area contributed by atoms with E-state index in [4.69, 9.17) is 9.47 Å². The van der Waals surface area contributed by atoms with Crippen LogP contribution in [0.1, 0.15) is 0 Å². The van der Waals surface area contributed by atoms with Gasteiger partial charge in [0, 0.05) is 5.56 Å². The zero-order valence-electron chi connectivity index (χ0n) is 8.93. The minimum atomic E-state index is -0.00720. The monoisotopic (exact) mass is 221 g/mol. The molecule has 0 aliphatic heterocycles. The van der Waals surface area contributed by atoms with Gasteiger partial charge in [-0.2, -0.15) is 0 Å². The van der Waals surface area contributed by atoms with Gasteiger partial charge < -0.3 is 19.1 Å². The molecular formula is C11H11NO4. The summed E-state index contributed by atoms with van der Waals surface area (Å²) in [4.78, 5) is 0. The first-order valence-electron chi connectivity index (χ1n) is 4.62. The lowest BCUT2D eigenvalue weighted by Gasteiger charge is -2.08. The first kappa shape index (κ1) is 10.4. The standard InChI is InChI=1S/C11H11NO4/c1-14-9-4-3-7(5-10(9)15-2)11-8(13)6-16-12-11/h3-6,13H,1-2H3. The number of aromatic nitrogens is 1. The van der Waals surface area contributed by atoms with Crippen molar-refractivity contribution in [1.29, 1.82) is 0 Å². The van der Waals surface area contributed by atoms with Gasteiger partial charge in [0.1, 0.15) is 0 Å². The lowest BCUT2D eigenvalue weighted by atomic mass is 10.1. The zero-order valence-corrected chi connectivity index (χ0v) is 8.93. The summed E-state index contributed by atoms with van der Waals surface area (Å²) >= 11 is 0. The zero-order chi connectivity index (χ0) is 11.5. The Morgan fingerprint density at radius 3 is 2.50 bits per heavy atom. The second-order valence-electron chi connectivity index (χ2n) is 3.12. The molecule has 0 spiro atoms. The number of aromatic hydroxyl groups is 1. The number of nitrogens with zero attached hydrogens (tertiary/aromatic N) is 1. The van der Waals surface area contributed by atoms with Gasteiger partial charge in [-0.25, -0.2) is 0 Å². The molecule has 0 saturated carbocycles. The lowest BCUT2D eigenvalue weighted by Crippen LogP contribution is -1.90. The van der Waals surface area contributed by atoms with Gasteiger partial charge in [0.2, 0.25) is 0 Å². The van der Waals surface area contributed by atoms with Crippen LogP contribution in [0.2, 0.25) is 0 Å². The van der Waals surface area contributed by atoms with Gasteiger partial charge in [-0.1, -0.05) is 5.16 Å². The highest BCUT2D eigenvalue weighted by atomic mass is 16.5. The number of hydrogen-bond acceptors (Lipinski definition) is 5. The predicted octanol–water partition coefficient (Wildman–Crippen LogP) is 2.06. The van der Waals surface area contributed by atoms with E-state index in [1.807, 2.05) is 0 Å². The molecule has 0 unspecified atom stereocenters. The van der Waals surface area contributed by atoms with E-state index in [9.17, 15) is 5.11 Å². The van der Waals surface area contributed by atoms with Crippen LogP contribution in [0.4, 0.5) is 0 Å². The maximum absolute atomic E-state index is 9.47. The van der Waals surface area contributed by atoms with Crippen molar-refractivity contribution in [2.24, 2.45) is 0 Å². The molecule has 5 nitrogen and oxygen atoms in total. The van der Waals surface area contributed by atoms with Gasteiger partial charge in [0.05, 0.1) is 14.2 Å². The van der Waals surface area contributed by atoms with Crippen LogP contribution in [-0.2, 0) is 0 Å². The Kier molecular flexibility index (Phi) is 2.68. The molecule has 2 aromatic rings. The second kappa shape index (κ2) is 4.14. The normalized spacial score (nSPS) is 10.1. The van der Waals surface area contributed by atoms with Crippen LogP contribution in [0.25, 0.3) is 11.3 Å². The van der Waals surface area contributed by atoms with Gasteiger partial charge in [0.15, 0.2) is 29.2 Å². The topological polar surface area (TPSA) is 64.7 Å². The Morgan fingerprint density at radius 2 is 1.94 bits per heavy atom. The highest BCUT2D eigenvalue weighted by Crippen LogP contribution is 2.34. The molecule has 0 atom stereocenters. The molecule has 2 rings (SSSR count). The van der Waals surface area contributed by atoms with Crippen molar-refractivity contribution in [2.75, 3.05) is 14.2 Å². The summed E-state index contributed by atoms with van der Waals surface area (Å²) in [5, 5.41) is 13.2. The van der Waals surface area contributed by atoms with Crippen LogP contribution in [-0.4, -0.2) is 24.5 Å². The summed E-state index contributed by atoms with van der Waals surface area (Å²) in [6.07, 6.45) is 1.17. The number of hydrogen-bond donors (Lipinski definition) is 1. The fourth-order valence-corrected chi connectivity index (χ4v) is 1.42. The number of methoxy groups -OCH3 is 2. The fraction of sp³-hybridized carbons (Fsp3) is 0.182. The molecule has 84 valence electrons. The quantitative estimate of drug-likeness (QED) is 0.859. The Hall–Kier alpha value is -2.17. The van der Waals surface area contributed by atoms with Crippen LogP contribution in [0.15, 0.2) is 29.0 Å². The van der Waals surface area contributed by atoms with Crippen LogP contribution < -0.4 is 9.47 Å². The average molecular weight is 221 g/mol. The fourth-order valence-electron chi connectivity index (χ4n) is 1.42. The van der Waals surface area contributed by atoms with E-state index in [1.165, 1.54) is 6.26 Å². The van der Waals surface area contributed by atoms with Crippen LogP contribution in [0.5, 0.6) is 17.2 Å². The number of rotatable bonds is 3. The molecule has 0 amide bonds. The summed E-state index contributed by atoms with van der Waals surface area (Å²) in [5.74, 6) is 1.18. The van der Waals surface area contributed by atoms with Crippen molar-refractivity contribution >= 4 is 0 Å². The van der Waals surface area contributed by atoms with Crippen molar-refractivity contribution < 1.29 is 19.1 Å². The molecule has 0 aliphatic rings. The summed E-state index contributed by atoms with van der Waals surface area (Å²) < 4.78 is 14.9. The minimum absolute atomic E-state index is 0.00720. The van der Waals surface area contributed by atoms with E-state index in [0.29, 0.717) is 22.8 Å². The lowest BCUT2D eigenvalue weighted by molar-refractivity contribution is 0.355. The summed E-state index contributed by atoms with van der Waals surface area (Å²) in [5.41, 5.74) is 1.07. The van der Waals surface area contributed by atoms with Crippen molar-refractivity contribution in [3.05, 3.63) is 24.5 Å². The highest BCUT2D eigenvalue weighted by Gasteiger charge is 2.12. The van der Waals surface area contributed by atoms with Gasteiger partial charge in [0.25, 0.3) is 0 Å². The molecule has 1 aromatic carbocycles. The molecule has 16 heavy (non-hydrogen) atoms. The molecule has 0 saturated heterocycles. The van der Waals surface area contributed by atoms with Gasteiger partial charge >= 0.3 is 0 Å². The van der Waals surface area contributed by atoms with E-state index in [0.717, 1.165) is 0 Å². The average Bonchev–Trinajstić information content (AvgIpc) is 2.74. The van der Waals surface area contributed by atoms with Gasteiger partial charge in [-0.15, -0.1) is 0 Å². The molecule has 0 bridgehead atoms. The molecule has 0 radical (unpaired) electrons. The van der Waals surface area contributed by atoms with Crippen molar-refractivity contribution in [2.45, 2.75) is 0 Å². The Labute approximate surface area is 92.2 Å². The minimum Gasteiger partial charge on any atom is -0.503 e. The molecule has 1 heterocycles. The smallest absolute Gasteiger partial charge is 0.183 e. The molecule has 5 heteroatoms. The Balaban J connectivity index is 2.48. The third kappa shape index (κ3) is 1.67. The van der Waals surface area contributed by atoms with E-state index < -0.39 is 0 Å². The van der Waals surface area contributed by atoms with E-state index in [-0.39, 0.29) is 5.75 Å². The van der Waals surface area contributed by atoms with E-state index in [1.54, 1.807) is 32.4 Å². The van der Waals surface area contributed by atoms with Crippen molar-refractivity contribution in [1.82, 2.24) is 5.16 Å². The first-order chi connectivity index (χ1) is 7.76. The summed E-state index contributed by atoms with van der Waals surface area (Å²) in [7, 11) is 3.11. The Morgan fingerprint density at radius 1 is 1.19 bits per heavy atom. The summed E-state index contributed by atoms with van der Waals surface area (Å²) in [6, 6.07) is 5.22. The predicted molar refractivity (Wildman–Crippen MR) is 56.7 cm³/mol. The van der Waals surface area contributed by atoms with Crippen LogP contribution in [0.3, 0.4) is 0 Å². The molecule has 1 N–H and O–H groups in total. The summed E-state index contributed by atoms with van der Waals surface area (Å²) in [6.45, 7) is 0.